The van der Waals surface area contributed by atoms with E-state index >= 15 is 0 Å². The standard InChI is InChI=1S/C38H24O/c1-2-10-25(11-3-1)26-18-20-27(21-19-26)37-31-13-4-6-15-33(31)38(34-16-7-5-14-32(34)37)28-22-23-30-29-12-8-9-17-35(29)39-36(30)24-28/h1-24H/i1D,2D,3D,4D,5D,6D,7D,8D,9D,10D,11D,12D,13D,14D,15D,16D,17D,18D,19D,20D,21D,22D,23D,24D. The number of hydrogen-bond acceptors (Lipinski definition) is 1. The summed E-state index contributed by atoms with van der Waals surface area (Å²) < 4.78 is 217. The van der Waals surface area contributed by atoms with Crippen molar-refractivity contribution >= 4 is 43.5 Å². The van der Waals surface area contributed by atoms with Crippen molar-refractivity contribution in [3.05, 3.63) is 145 Å². The number of rotatable bonds is 3. The highest BCUT2D eigenvalue weighted by Crippen LogP contribution is 2.44. The van der Waals surface area contributed by atoms with Gasteiger partial charge in [-0.3, -0.25) is 0 Å². The van der Waals surface area contributed by atoms with Crippen LogP contribution >= 0.6 is 0 Å². The summed E-state index contributed by atoms with van der Waals surface area (Å²) in [5, 5.41) is -3.44. The van der Waals surface area contributed by atoms with Crippen LogP contribution in [0.15, 0.2) is 149 Å². The molecule has 0 aliphatic carbocycles. The lowest BCUT2D eigenvalue weighted by Gasteiger charge is -2.18. The molecule has 0 unspecified atom stereocenters. The van der Waals surface area contributed by atoms with Gasteiger partial charge in [0.25, 0.3) is 0 Å². The van der Waals surface area contributed by atoms with E-state index in [0.717, 1.165) is 0 Å². The summed E-state index contributed by atoms with van der Waals surface area (Å²) >= 11 is 0. The van der Waals surface area contributed by atoms with E-state index in [1.165, 1.54) is 0 Å². The molecule has 0 aliphatic rings. The van der Waals surface area contributed by atoms with Crippen molar-refractivity contribution in [1.82, 2.24) is 0 Å². The Hall–Kier alpha value is -5.14. The molecule has 1 aromatic heterocycles. The van der Waals surface area contributed by atoms with E-state index in [4.69, 9.17) is 26.3 Å². The fourth-order valence-corrected chi connectivity index (χ4v) is 4.48. The van der Waals surface area contributed by atoms with Gasteiger partial charge in [-0.15, -0.1) is 0 Å². The van der Waals surface area contributed by atoms with Gasteiger partial charge in [-0.1, -0.05) is 127 Å². The maximum Gasteiger partial charge on any atom is 0.136 e. The molecule has 182 valence electrons. The summed E-state index contributed by atoms with van der Waals surface area (Å²) in [5.74, 6) is 0. The maximum absolute atomic E-state index is 9.44. The van der Waals surface area contributed by atoms with Crippen LogP contribution in [0.1, 0.15) is 32.9 Å². The quantitative estimate of drug-likeness (QED) is 0.211. The molecule has 39 heavy (non-hydrogen) atoms. The van der Waals surface area contributed by atoms with Crippen LogP contribution in [0.4, 0.5) is 0 Å². The normalized spacial score (nSPS) is 20.2. The first-order valence-electron chi connectivity index (χ1n) is 23.4. The SMILES string of the molecule is [2H]c1c([2H])c([2H])c(-c2c([2H])c([2H])c(-c3c4c([2H])c([2H])c([2H])c([2H])c4c(-c4c([2H])c([2H])c5c(oc6c([2H])c([2H])c([2H])c([2H])c65)c4[2H])c4c([2H])c([2H])c([2H])c([2H])c34)c([2H])c2[2H])c([2H])c1[2H]. The molecule has 0 N–H and O–H groups in total. The molecule has 8 aromatic rings. The van der Waals surface area contributed by atoms with Gasteiger partial charge in [0.2, 0.25) is 0 Å². The Morgan fingerprint density at radius 1 is 0.333 bits per heavy atom. The van der Waals surface area contributed by atoms with Crippen molar-refractivity contribution in [2.24, 2.45) is 0 Å². The lowest BCUT2D eigenvalue weighted by molar-refractivity contribution is 0.669. The van der Waals surface area contributed by atoms with Gasteiger partial charge in [-0.2, -0.15) is 0 Å². The molecule has 0 spiro atoms. The Kier molecular flexibility index (Phi) is 1.94. The van der Waals surface area contributed by atoms with Crippen LogP contribution in [0, 0.1) is 0 Å². The molecule has 0 bridgehead atoms. The van der Waals surface area contributed by atoms with Crippen LogP contribution in [0.2, 0.25) is 0 Å². The third kappa shape index (κ3) is 3.48. The second kappa shape index (κ2) is 8.72. The zero-order valence-corrected chi connectivity index (χ0v) is 19.4. The average Bonchev–Trinajstić information content (AvgIpc) is 3.67. The monoisotopic (exact) mass is 520 g/mol. The minimum atomic E-state index is -1.02. The molecule has 0 fully saturated rings. The molecule has 7 aromatic carbocycles. The van der Waals surface area contributed by atoms with Crippen molar-refractivity contribution in [3.8, 4) is 33.4 Å². The Labute approximate surface area is 260 Å². The number of furan rings is 1. The van der Waals surface area contributed by atoms with E-state index in [9.17, 15) is 11.0 Å². The molecule has 1 heteroatoms. The van der Waals surface area contributed by atoms with Crippen LogP contribution in [-0.2, 0) is 0 Å². The summed E-state index contributed by atoms with van der Waals surface area (Å²) in [5.41, 5.74) is -5.35. The first-order valence-corrected chi connectivity index (χ1v) is 11.4. The first-order chi connectivity index (χ1) is 29.3. The van der Waals surface area contributed by atoms with Crippen molar-refractivity contribution in [3.63, 3.8) is 0 Å². The maximum atomic E-state index is 9.44. The lowest BCUT2D eigenvalue weighted by atomic mass is 9.85. The third-order valence-corrected chi connectivity index (χ3v) is 6.14. The van der Waals surface area contributed by atoms with Crippen LogP contribution < -0.4 is 0 Å². The van der Waals surface area contributed by atoms with E-state index in [1.807, 2.05) is 0 Å². The van der Waals surface area contributed by atoms with Crippen LogP contribution in [-0.4, -0.2) is 0 Å². The van der Waals surface area contributed by atoms with Gasteiger partial charge in [0.05, 0.1) is 32.9 Å². The summed E-state index contributed by atoms with van der Waals surface area (Å²) in [6, 6.07) is -21.1. The third-order valence-electron chi connectivity index (χ3n) is 6.14. The van der Waals surface area contributed by atoms with Gasteiger partial charge >= 0.3 is 0 Å². The number of benzene rings is 7. The van der Waals surface area contributed by atoms with Crippen LogP contribution in [0.3, 0.4) is 0 Å². The number of fused-ring (bicyclic) bond motifs is 5. The highest BCUT2D eigenvalue weighted by Gasteiger charge is 2.17. The summed E-state index contributed by atoms with van der Waals surface area (Å²) in [4.78, 5) is 0. The van der Waals surface area contributed by atoms with Crippen LogP contribution in [0.25, 0.3) is 76.9 Å². The van der Waals surface area contributed by atoms with Gasteiger partial charge in [-0.25, -0.2) is 0 Å². The molecular formula is C38H24O. The Bertz CT molecular complexity index is 3360. The van der Waals surface area contributed by atoms with Gasteiger partial charge < -0.3 is 4.42 Å². The second-order valence-corrected chi connectivity index (χ2v) is 8.26. The van der Waals surface area contributed by atoms with E-state index in [0.29, 0.717) is 0 Å². The van der Waals surface area contributed by atoms with Crippen molar-refractivity contribution in [1.29, 1.82) is 0 Å². The summed E-state index contributed by atoms with van der Waals surface area (Å²) in [6.45, 7) is 0. The molecule has 1 heterocycles. The molecule has 0 saturated heterocycles. The van der Waals surface area contributed by atoms with Crippen molar-refractivity contribution in [2.75, 3.05) is 0 Å². The van der Waals surface area contributed by atoms with Crippen molar-refractivity contribution in [2.45, 2.75) is 0 Å². The van der Waals surface area contributed by atoms with Crippen LogP contribution in [0.5, 0.6) is 0 Å². The molecule has 0 amide bonds. The smallest absolute Gasteiger partial charge is 0.136 e. The molecule has 0 saturated carbocycles. The topological polar surface area (TPSA) is 13.1 Å². The molecule has 0 aliphatic heterocycles. The first kappa shape index (κ1) is 8.69. The number of hydrogen-bond donors (Lipinski definition) is 0. The average molecular weight is 521 g/mol. The molecular weight excluding hydrogens is 472 g/mol. The Morgan fingerprint density at radius 2 is 0.769 bits per heavy atom. The Balaban J connectivity index is 1.67. The molecule has 0 atom stereocenters. The summed E-state index contributed by atoms with van der Waals surface area (Å²) in [7, 11) is 0. The fourth-order valence-electron chi connectivity index (χ4n) is 4.48. The van der Waals surface area contributed by atoms with E-state index in [1.54, 1.807) is 0 Å². The van der Waals surface area contributed by atoms with Gasteiger partial charge in [0.1, 0.15) is 11.2 Å². The number of para-hydroxylation sites is 1. The van der Waals surface area contributed by atoms with Crippen molar-refractivity contribution < 1.29 is 37.3 Å². The predicted molar refractivity (Wildman–Crippen MR) is 165 cm³/mol. The van der Waals surface area contributed by atoms with Gasteiger partial charge in [0, 0.05) is 10.8 Å². The highest BCUT2D eigenvalue weighted by atomic mass is 16.3. The summed E-state index contributed by atoms with van der Waals surface area (Å²) in [6.07, 6.45) is 0. The zero-order valence-electron chi connectivity index (χ0n) is 43.4. The zero-order chi connectivity index (χ0) is 46.6. The Morgan fingerprint density at radius 3 is 1.41 bits per heavy atom. The highest BCUT2D eigenvalue weighted by molar-refractivity contribution is 6.22. The van der Waals surface area contributed by atoms with E-state index < -0.39 is 216 Å². The minimum Gasteiger partial charge on any atom is -0.456 e. The molecule has 0 radical (unpaired) electrons. The van der Waals surface area contributed by atoms with E-state index in [2.05, 4.69) is 0 Å². The van der Waals surface area contributed by atoms with Gasteiger partial charge in [-0.05, 0) is 73.1 Å². The largest absolute Gasteiger partial charge is 0.456 e. The molecule has 8 rings (SSSR count). The lowest BCUT2D eigenvalue weighted by Crippen LogP contribution is -1.91. The minimum absolute atomic E-state index is 0.348. The predicted octanol–water partition coefficient (Wildman–Crippen LogP) is 10.9. The van der Waals surface area contributed by atoms with Gasteiger partial charge in [0.15, 0.2) is 0 Å². The second-order valence-electron chi connectivity index (χ2n) is 8.26. The fraction of sp³-hybridized carbons (Fsp3) is 0. The van der Waals surface area contributed by atoms with E-state index in [-0.39, 0.29) is 5.39 Å². The molecule has 1 nitrogen and oxygen atoms in total.